The van der Waals surface area contributed by atoms with E-state index in [9.17, 15) is 4.79 Å². The van der Waals surface area contributed by atoms with Crippen molar-refractivity contribution in [1.29, 1.82) is 0 Å². The Morgan fingerprint density at radius 1 is 1.28 bits per heavy atom. The Bertz CT molecular complexity index is 355. The van der Waals surface area contributed by atoms with Gasteiger partial charge >= 0.3 is 0 Å². The number of carbonyl (C=O) groups is 1. The monoisotopic (exact) mass is 270 g/mol. The fourth-order valence-corrected chi connectivity index (χ4v) is 1.47. The van der Waals surface area contributed by atoms with Gasteiger partial charge in [0.2, 0.25) is 5.91 Å². The van der Waals surface area contributed by atoms with Crippen molar-refractivity contribution >= 4 is 17.5 Å². The number of halogens is 1. The van der Waals surface area contributed by atoms with Crippen molar-refractivity contribution in [2.75, 3.05) is 26.2 Å². The number of ether oxygens (including phenoxy) is 1. The van der Waals surface area contributed by atoms with Crippen LogP contribution < -0.4 is 15.4 Å². The molecule has 0 saturated heterocycles. The van der Waals surface area contributed by atoms with Crippen LogP contribution in [0.15, 0.2) is 24.3 Å². The summed E-state index contributed by atoms with van der Waals surface area (Å²) in [5.41, 5.74) is 0. The third-order valence-electron chi connectivity index (χ3n) is 2.29. The van der Waals surface area contributed by atoms with E-state index in [4.69, 9.17) is 16.3 Å². The lowest BCUT2D eigenvalue weighted by atomic mass is 10.3. The molecular weight excluding hydrogens is 252 g/mol. The van der Waals surface area contributed by atoms with Gasteiger partial charge in [0, 0.05) is 18.1 Å². The first kappa shape index (κ1) is 14.8. The second-order valence-corrected chi connectivity index (χ2v) is 4.19. The van der Waals surface area contributed by atoms with Crippen LogP contribution >= 0.6 is 11.6 Å². The van der Waals surface area contributed by atoms with Crippen molar-refractivity contribution in [2.24, 2.45) is 0 Å². The molecule has 4 nitrogen and oxygen atoms in total. The van der Waals surface area contributed by atoms with E-state index in [1.165, 1.54) is 0 Å². The van der Waals surface area contributed by atoms with Gasteiger partial charge in [-0.25, -0.2) is 0 Å². The molecule has 5 heteroatoms. The van der Waals surface area contributed by atoms with Crippen LogP contribution in [0.25, 0.3) is 0 Å². The lowest BCUT2D eigenvalue weighted by molar-refractivity contribution is -0.121. The van der Waals surface area contributed by atoms with E-state index in [1.807, 2.05) is 6.92 Å². The second kappa shape index (κ2) is 8.78. The zero-order valence-electron chi connectivity index (χ0n) is 10.5. The van der Waals surface area contributed by atoms with Gasteiger partial charge < -0.3 is 15.4 Å². The highest BCUT2D eigenvalue weighted by Crippen LogP contribution is 2.15. The minimum atomic E-state index is 0.00173. The summed E-state index contributed by atoms with van der Waals surface area (Å²) in [5.74, 6) is 0.724. The van der Waals surface area contributed by atoms with Gasteiger partial charge in [0.15, 0.2) is 0 Å². The van der Waals surface area contributed by atoms with Crippen LogP contribution in [0.4, 0.5) is 0 Å². The molecule has 1 aromatic carbocycles. The summed E-state index contributed by atoms with van der Waals surface area (Å²) < 4.78 is 5.42. The van der Waals surface area contributed by atoms with Gasteiger partial charge in [-0.05, 0) is 30.8 Å². The van der Waals surface area contributed by atoms with Crippen LogP contribution in [0, 0.1) is 0 Å². The molecule has 0 aromatic heterocycles. The summed E-state index contributed by atoms with van der Waals surface area (Å²) in [5, 5.41) is 6.61. The minimum Gasteiger partial charge on any atom is -0.493 e. The summed E-state index contributed by atoms with van der Waals surface area (Å²) >= 11 is 5.75. The quantitative estimate of drug-likeness (QED) is 0.709. The first-order chi connectivity index (χ1) is 8.72. The van der Waals surface area contributed by atoms with Crippen LogP contribution in [-0.4, -0.2) is 32.1 Å². The first-order valence-corrected chi connectivity index (χ1v) is 6.46. The molecule has 0 aliphatic heterocycles. The van der Waals surface area contributed by atoms with Crippen LogP contribution in [0.5, 0.6) is 5.75 Å². The van der Waals surface area contributed by atoms with E-state index in [0.29, 0.717) is 24.6 Å². The fraction of sp³-hybridized carbons (Fsp3) is 0.462. The summed E-state index contributed by atoms with van der Waals surface area (Å²) in [7, 11) is 0. The maximum Gasteiger partial charge on any atom is 0.223 e. The first-order valence-electron chi connectivity index (χ1n) is 6.08. The lowest BCUT2D eigenvalue weighted by Crippen LogP contribution is -2.32. The SMILES string of the molecule is CCNCCNC(=O)CCOc1ccc(Cl)cc1. The minimum absolute atomic E-state index is 0.00173. The van der Waals surface area contributed by atoms with E-state index in [2.05, 4.69) is 10.6 Å². The Balaban J connectivity index is 2.10. The van der Waals surface area contributed by atoms with Gasteiger partial charge in [0.1, 0.15) is 5.75 Å². The number of hydrogen-bond donors (Lipinski definition) is 2. The summed E-state index contributed by atoms with van der Waals surface area (Å²) in [6, 6.07) is 7.08. The maximum absolute atomic E-state index is 11.4. The number of carbonyl (C=O) groups excluding carboxylic acids is 1. The zero-order valence-corrected chi connectivity index (χ0v) is 11.3. The molecule has 1 amide bonds. The maximum atomic E-state index is 11.4. The van der Waals surface area contributed by atoms with Crippen LogP contribution in [0.2, 0.25) is 5.02 Å². The van der Waals surface area contributed by atoms with Gasteiger partial charge in [-0.15, -0.1) is 0 Å². The van der Waals surface area contributed by atoms with E-state index in [0.717, 1.165) is 18.8 Å². The van der Waals surface area contributed by atoms with E-state index >= 15 is 0 Å². The van der Waals surface area contributed by atoms with Gasteiger partial charge in [-0.2, -0.15) is 0 Å². The predicted octanol–water partition coefficient (Wildman–Crippen LogP) is 1.83. The number of likely N-dealkylation sites (N-methyl/N-ethyl adjacent to an activating group) is 1. The number of benzene rings is 1. The highest BCUT2D eigenvalue weighted by Gasteiger charge is 2.01. The van der Waals surface area contributed by atoms with Crippen LogP contribution in [0.1, 0.15) is 13.3 Å². The molecule has 0 atom stereocenters. The molecule has 0 saturated carbocycles. The zero-order chi connectivity index (χ0) is 13.2. The third kappa shape index (κ3) is 6.47. The average Bonchev–Trinajstić information content (AvgIpc) is 2.37. The van der Waals surface area contributed by atoms with E-state index < -0.39 is 0 Å². The molecule has 0 bridgehead atoms. The highest BCUT2D eigenvalue weighted by molar-refractivity contribution is 6.30. The van der Waals surface area contributed by atoms with Crippen LogP contribution in [0.3, 0.4) is 0 Å². The highest BCUT2D eigenvalue weighted by atomic mass is 35.5. The molecule has 2 N–H and O–H groups in total. The molecule has 0 radical (unpaired) electrons. The van der Waals surface area contributed by atoms with Gasteiger partial charge in [-0.1, -0.05) is 18.5 Å². The fourth-order valence-electron chi connectivity index (χ4n) is 1.35. The topological polar surface area (TPSA) is 50.4 Å². The molecule has 18 heavy (non-hydrogen) atoms. The number of amides is 1. The van der Waals surface area contributed by atoms with Crippen molar-refractivity contribution in [3.63, 3.8) is 0 Å². The number of hydrogen-bond acceptors (Lipinski definition) is 3. The number of nitrogens with one attached hydrogen (secondary N) is 2. The van der Waals surface area contributed by atoms with Crippen LogP contribution in [-0.2, 0) is 4.79 Å². The molecule has 100 valence electrons. The standard InChI is InChI=1S/C13H19ClN2O2/c1-2-15-8-9-16-13(17)7-10-18-12-5-3-11(14)4-6-12/h3-6,15H,2,7-10H2,1H3,(H,16,17). The Kier molecular flexibility index (Phi) is 7.22. The summed E-state index contributed by atoms with van der Waals surface area (Å²) in [4.78, 5) is 11.4. The van der Waals surface area contributed by atoms with Crippen molar-refractivity contribution in [3.8, 4) is 5.75 Å². The average molecular weight is 271 g/mol. The Labute approximate surface area is 113 Å². The van der Waals surface area contributed by atoms with E-state index in [-0.39, 0.29) is 5.91 Å². The largest absolute Gasteiger partial charge is 0.493 e. The molecule has 0 unspecified atom stereocenters. The molecule has 1 rings (SSSR count). The predicted molar refractivity (Wildman–Crippen MR) is 73.1 cm³/mol. The van der Waals surface area contributed by atoms with Crippen molar-refractivity contribution in [3.05, 3.63) is 29.3 Å². The Morgan fingerprint density at radius 3 is 2.67 bits per heavy atom. The third-order valence-corrected chi connectivity index (χ3v) is 2.54. The van der Waals surface area contributed by atoms with Gasteiger partial charge in [0.25, 0.3) is 0 Å². The molecule has 0 aliphatic rings. The Hall–Kier alpha value is -1.26. The molecule has 1 aromatic rings. The Morgan fingerprint density at radius 2 is 2.00 bits per heavy atom. The molecule has 0 fully saturated rings. The molecule has 0 aliphatic carbocycles. The second-order valence-electron chi connectivity index (χ2n) is 3.76. The molecule has 0 heterocycles. The molecular formula is C13H19ClN2O2. The lowest BCUT2D eigenvalue weighted by Gasteiger charge is -2.07. The van der Waals surface area contributed by atoms with Gasteiger partial charge in [0.05, 0.1) is 13.0 Å². The summed E-state index contributed by atoms with van der Waals surface area (Å²) in [6.45, 7) is 4.75. The van der Waals surface area contributed by atoms with Crippen molar-refractivity contribution in [2.45, 2.75) is 13.3 Å². The van der Waals surface area contributed by atoms with E-state index in [1.54, 1.807) is 24.3 Å². The van der Waals surface area contributed by atoms with Crippen molar-refractivity contribution in [1.82, 2.24) is 10.6 Å². The smallest absolute Gasteiger partial charge is 0.223 e. The molecule has 0 spiro atoms. The van der Waals surface area contributed by atoms with Gasteiger partial charge in [-0.3, -0.25) is 4.79 Å². The van der Waals surface area contributed by atoms with Crippen molar-refractivity contribution < 1.29 is 9.53 Å². The normalized spacial score (nSPS) is 10.1. The summed E-state index contributed by atoms with van der Waals surface area (Å²) in [6.07, 6.45) is 0.356. The number of rotatable bonds is 8.